The highest BCUT2D eigenvalue weighted by Gasteiger charge is 2.26. The molecule has 2 rings (SSSR count). The van der Waals surface area contributed by atoms with Crippen molar-refractivity contribution in [3.8, 4) is 0 Å². The van der Waals surface area contributed by atoms with Gasteiger partial charge in [-0.05, 0) is 30.9 Å². The minimum absolute atomic E-state index is 0.0465. The van der Waals surface area contributed by atoms with Crippen LogP contribution in [0.25, 0.3) is 0 Å². The number of amides is 1. The van der Waals surface area contributed by atoms with Crippen LogP contribution in [-0.4, -0.2) is 32.8 Å². The summed E-state index contributed by atoms with van der Waals surface area (Å²) in [5, 5.41) is -0.0983. The fourth-order valence-corrected chi connectivity index (χ4v) is 4.10. The van der Waals surface area contributed by atoms with Gasteiger partial charge in [-0.25, -0.2) is 8.42 Å². The van der Waals surface area contributed by atoms with E-state index in [1.807, 2.05) is 0 Å². The summed E-state index contributed by atoms with van der Waals surface area (Å²) in [5.41, 5.74) is 0.0465. The van der Waals surface area contributed by atoms with Gasteiger partial charge in [0.2, 0.25) is 0 Å². The molecule has 0 radical (unpaired) electrons. The Labute approximate surface area is 138 Å². The molecule has 1 aliphatic rings. The highest BCUT2D eigenvalue weighted by molar-refractivity contribution is 8.13. The Morgan fingerprint density at radius 2 is 1.95 bits per heavy atom. The van der Waals surface area contributed by atoms with Crippen LogP contribution >= 0.6 is 33.9 Å². The van der Waals surface area contributed by atoms with Gasteiger partial charge in [-0.1, -0.05) is 29.6 Å². The van der Waals surface area contributed by atoms with Crippen molar-refractivity contribution in [2.24, 2.45) is 5.92 Å². The molecule has 1 saturated carbocycles. The van der Waals surface area contributed by atoms with E-state index in [9.17, 15) is 13.2 Å². The van der Waals surface area contributed by atoms with Crippen LogP contribution in [-0.2, 0) is 9.05 Å². The largest absolute Gasteiger partial charge is 0.341 e. The van der Waals surface area contributed by atoms with E-state index in [-0.39, 0.29) is 26.4 Å². The number of carbonyl (C=O) groups is 1. The van der Waals surface area contributed by atoms with Crippen molar-refractivity contribution >= 4 is 48.8 Å². The molecule has 1 aliphatic carbocycles. The molecule has 4 nitrogen and oxygen atoms in total. The van der Waals surface area contributed by atoms with E-state index >= 15 is 0 Å². The van der Waals surface area contributed by atoms with E-state index < -0.39 is 9.05 Å². The van der Waals surface area contributed by atoms with Gasteiger partial charge >= 0.3 is 0 Å². The molecule has 1 aromatic rings. The smallest absolute Gasteiger partial charge is 0.262 e. The van der Waals surface area contributed by atoms with Gasteiger partial charge in [-0.15, -0.1) is 0 Å². The Balaban J connectivity index is 2.34. The number of nitrogens with zero attached hydrogens (tertiary/aromatic N) is 1. The predicted octanol–water partition coefficient (Wildman–Crippen LogP) is 3.79. The van der Waals surface area contributed by atoms with Crippen LogP contribution in [0, 0.1) is 5.92 Å². The molecule has 0 bridgehead atoms. The number of hydrogen-bond donors (Lipinski definition) is 0. The minimum Gasteiger partial charge on any atom is -0.341 e. The lowest BCUT2D eigenvalue weighted by molar-refractivity contribution is 0.0745. The summed E-state index contributed by atoms with van der Waals surface area (Å²) in [6.07, 6.45) is 3.38. The van der Waals surface area contributed by atoms with Gasteiger partial charge in [-0.2, -0.15) is 0 Å². The zero-order valence-electron chi connectivity index (χ0n) is 11.3. The standard InChI is InChI=1S/C13H14Cl3NO3S/c1-17(7-8-3-2-4-8)13(18)10-5-9(14)6-11(12(10)15)21(16,19)20/h5-6,8H,2-4,7H2,1H3. The maximum Gasteiger partial charge on any atom is 0.262 e. The van der Waals surface area contributed by atoms with Gasteiger partial charge in [0, 0.05) is 29.3 Å². The summed E-state index contributed by atoms with van der Waals surface area (Å²) in [5.74, 6) is 0.129. The highest BCUT2D eigenvalue weighted by Crippen LogP contribution is 2.33. The zero-order valence-corrected chi connectivity index (χ0v) is 14.4. The first-order valence-electron chi connectivity index (χ1n) is 6.39. The molecule has 0 atom stereocenters. The second-order valence-corrected chi connectivity index (χ2v) is 8.53. The Morgan fingerprint density at radius 1 is 1.33 bits per heavy atom. The lowest BCUT2D eigenvalue weighted by Crippen LogP contribution is -2.34. The van der Waals surface area contributed by atoms with Crippen LogP contribution < -0.4 is 0 Å². The lowest BCUT2D eigenvalue weighted by Gasteiger charge is -2.30. The average molecular weight is 371 g/mol. The molecule has 0 unspecified atom stereocenters. The monoisotopic (exact) mass is 369 g/mol. The fourth-order valence-electron chi connectivity index (χ4n) is 2.25. The van der Waals surface area contributed by atoms with Crippen LogP contribution in [0.2, 0.25) is 10.0 Å². The number of rotatable bonds is 4. The van der Waals surface area contributed by atoms with Crippen LogP contribution in [0.4, 0.5) is 0 Å². The van der Waals surface area contributed by atoms with Crippen LogP contribution in [0.5, 0.6) is 0 Å². The molecule has 21 heavy (non-hydrogen) atoms. The van der Waals surface area contributed by atoms with E-state index in [0.29, 0.717) is 12.5 Å². The average Bonchev–Trinajstić information content (AvgIpc) is 2.33. The van der Waals surface area contributed by atoms with E-state index in [1.165, 1.54) is 17.4 Å². The summed E-state index contributed by atoms with van der Waals surface area (Å²) in [6, 6.07) is 2.49. The minimum atomic E-state index is -4.07. The third-order valence-corrected chi connectivity index (χ3v) is 5.68. The lowest BCUT2D eigenvalue weighted by atomic mass is 9.85. The summed E-state index contributed by atoms with van der Waals surface area (Å²) < 4.78 is 23.0. The van der Waals surface area contributed by atoms with Gasteiger partial charge < -0.3 is 4.90 Å². The first-order chi connectivity index (χ1) is 9.70. The predicted molar refractivity (Wildman–Crippen MR) is 83.8 cm³/mol. The first-order valence-corrected chi connectivity index (χ1v) is 9.46. The summed E-state index contributed by atoms with van der Waals surface area (Å²) >= 11 is 11.9. The Morgan fingerprint density at radius 3 is 2.43 bits per heavy atom. The number of hydrogen-bond acceptors (Lipinski definition) is 3. The number of halogens is 3. The Hall–Kier alpha value is -0.490. The van der Waals surface area contributed by atoms with Crippen LogP contribution in [0.3, 0.4) is 0 Å². The second-order valence-electron chi connectivity index (χ2n) is 5.19. The fraction of sp³-hybridized carbons (Fsp3) is 0.462. The van der Waals surface area contributed by atoms with Crippen molar-refractivity contribution < 1.29 is 13.2 Å². The Bertz CT molecular complexity index is 671. The van der Waals surface area contributed by atoms with Crippen LogP contribution in [0.1, 0.15) is 29.6 Å². The van der Waals surface area contributed by atoms with Crippen molar-refractivity contribution in [1.29, 1.82) is 0 Å². The molecule has 0 saturated heterocycles. The molecule has 0 aromatic heterocycles. The van der Waals surface area contributed by atoms with E-state index in [0.717, 1.165) is 18.9 Å². The van der Waals surface area contributed by atoms with E-state index in [1.54, 1.807) is 7.05 Å². The molecule has 1 fully saturated rings. The molecular weight excluding hydrogens is 357 g/mol. The topological polar surface area (TPSA) is 54.5 Å². The van der Waals surface area contributed by atoms with Gasteiger partial charge in [0.25, 0.3) is 15.0 Å². The molecule has 0 heterocycles. The van der Waals surface area contributed by atoms with Crippen molar-refractivity contribution in [2.45, 2.75) is 24.2 Å². The molecule has 1 aromatic carbocycles. The maximum atomic E-state index is 12.4. The van der Waals surface area contributed by atoms with E-state index in [2.05, 4.69) is 0 Å². The third-order valence-electron chi connectivity index (χ3n) is 3.60. The molecule has 1 amide bonds. The molecular formula is C13H14Cl3NO3S. The normalized spacial score (nSPS) is 15.6. The summed E-state index contributed by atoms with van der Waals surface area (Å²) in [6.45, 7) is 0.616. The molecule has 0 spiro atoms. The van der Waals surface area contributed by atoms with Crippen LogP contribution in [0.15, 0.2) is 17.0 Å². The number of benzene rings is 1. The third kappa shape index (κ3) is 3.83. The summed E-state index contributed by atoms with van der Waals surface area (Å²) in [7, 11) is 2.90. The van der Waals surface area contributed by atoms with Gasteiger partial charge in [0.05, 0.1) is 10.6 Å². The molecule has 8 heteroatoms. The van der Waals surface area contributed by atoms with E-state index in [4.69, 9.17) is 33.9 Å². The van der Waals surface area contributed by atoms with Crippen molar-refractivity contribution in [1.82, 2.24) is 4.90 Å². The quantitative estimate of drug-likeness (QED) is 0.758. The van der Waals surface area contributed by atoms with Gasteiger partial charge in [0.15, 0.2) is 0 Å². The molecule has 0 aliphatic heterocycles. The van der Waals surface area contributed by atoms with Crippen molar-refractivity contribution in [3.63, 3.8) is 0 Å². The first kappa shape index (κ1) is 16.9. The Kier molecular flexibility index (Phi) is 5.08. The summed E-state index contributed by atoms with van der Waals surface area (Å²) in [4.78, 5) is 13.6. The van der Waals surface area contributed by atoms with Gasteiger partial charge in [0.1, 0.15) is 4.90 Å². The van der Waals surface area contributed by atoms with Crippen molar-refractivity contribution in [2.75, 3.05) is 13.6 Å². The van der Waals surface area contributed by atoms with Crippen molar-refractivity contribution in [3.05, 3.63) is 27.7 Å². The highest BCUT2D eigenvalue weighted by atomic mass is 35.7. The molecule has 0 N–H and O–H groups in total. The molecule has 116 valence electrons. The number of carbonyl (C=O) groups excluding carboxylic acids is 1. The second kappa shape index (κ2) is 6.32. The van der Waals surface area contributed by atoms with Gasteiger partial charge in [-0.3, -0.25) is 4.79 Å². The zero-order chi connectivity index (χ0) is 15.8. The maximum absolute atomic E-state index is 12.4. The SMILES string of the molecule is CN(CC1CCC1)C(=O)c1cc(Cl)cc(S(=O)(=O)Cl)c1Cl.